The molecule has 19 heavy (non-hydrogen) atoms. The maximum atomic E-state index is 12.2. The number of hydrogen-bond donors (Lipinski definition) is 1. The fourth-order valence-corrected chi connectivity index (χ4v) is 4.75. The van der Waals surface area contributed by atoms with Gasteiger partial charge >= 0.3 is 0 Å². The first-order valence-electron chi connectivity index (χ1n) is 6.04. The van der Waals surface area contributed by atoms with Crippen LogP contribution in [0.5, 0.6) is 0 Å². The van der Waals surface area contributed by atoms with E-state index in [1.165, 1.54) is 18.4 Å². The Balaban J connectivity index is 2.27. The molecule has 1 aromatic rings. The third kappa shape index (κ3) is 1.61. The zero-order valence-corrected chi connectivity index (χ0v) is 11.2. The van der Waals surface area contributed by atoms with Gasteiger partial charge in [0.2, 0.25) is 0 Å². The molecule has 1 heterocycles. The Morgan fingerprint density at radius 3 is 2.84 bits per heavy atom. The van der Waals surface area contributed by atoms with Crippen LogP contribution in [0.2, 0.25) is 0 Å². The normalized spacial score (nSPS) is 29.0. The lowest BCUT2D eigenvalue weighted by molar-refractivity contribution is -0.384. The predicted molar refractivity (Wildman–Crippen MR) is 69.8 cm³/mol. The van der Waals surface area contributed by atoms with Gasteiger partial charge in [-0.1, -0.05) is 6.07 Å². The molecule has 102 valence electrons. The summed E-state index contributed by atoms with van der Waals surface area (Å²) in [6, 6.07) is 4.59. The van der Waals surface area contributed by atoms with Crippen molar-refractivity contribution in [2.45, 2.75) is 17.1 Å². The van der Waals surface area contributed by atoms with Gasteiger partial charge in [0.05, 0.1) is 4.92 Å². The average Bonchev–Trinajstić information content (AvgIpc) is 2.58. The molecule has 2 atom stereocenters. The van der Waals surface area contributed by atoms with Crippen LogP contribution in [0, 0.1) is 10.1 Å². The number of hydrogen-bond acceptors (Lipinski definition) is 5. The standard InChI is InChI=1S/C12H14N2O4S/c1-19(17,18)12-5-8(6-13-7-12)10-3-2-9(14(15)16)4-11(10)12/h2-4,8,13H,5-7H2,1H3. The Morgan fingerprint density at radius 1 is 1.47 bits per heavy atom. The van der Waals surface area contributed by atoms with E-state index < -0.39 is 19.5 Å². The second-order valence-corrected chi connectivity index (χ2v) is 7.65. The quantitative estimate of drug-likeness (QED) is 0.643. The molecule has 1 saturated heterocycles. The lowest BCUT2D eigenvalue weighted by Crippen LogP contribution is -2.46. The summed E-state index contributed by atoms with van der Waals surface area (Å²) >= 11 is 0. The van der Waals surface area contributed by atoms with Crippen LogP contribution in [0.3, 0.4) is 0 Å². The van der Waals surface area contributed by atoms with Crippen molar-refractivity contribution >= 4 is 15.5 Å². The van der Waals surface area contributed by atoms with Crippen molar-refractivity contribution in [3.63, 3.8) is 0 Å². The van der Waals surface area contributed by atoms with Gasteiger partial charge in [0.1, 0.15) is 4.75 Å². The van der Waals surface area contributed by atoms with E-state index in [0.29, 0.717) is 18.5 Å². The number of nitro groups is 1. The largest absolute Gasteiger partial charge is 0.314 e. The van der Waals surface area contributed by atoms with Gasteiger partial charge in [-0.25, -0.2) is 8.42 Å². The molecule has 2 unspecified atom stereocenters. The summed E-state index contributed by atoms with van der Waals surface area (Å²) < 4.78 is 23.4. The van der Waals surface area contributed by atoms with E-state index in [2.05, 4.69) is 5.32 Å². The minimum absolute atomic E-state index is 0.0469. The van der Waals surface area contributed by atoms with Gasteiger partial charge in [0.15, 0.2) is 9.84 Å². The fourth-order valence-electron chi connectivity index (χ4n) is 3.31. The van der Waals surface area contributed by atoms with Crippen molar-refractivity contribution in [1.82, 2.24) is 5.32 Å². The minimum Gasteiger partial charge on any atom is -0.314 e. The SMILES string of the molecule is CS(=O)(=O)C12CNCC(C1)c1ccc([N+](=O)[O-])cc12. The van der Waals surface area contributed by atoms with E-state index in [9.17, 15) is 18.5 Å². The van der Waals surface area contributed by atoms with Crippen LogP contribution in [-0.2, 0) is 14.6 Å². The maximum Gasteiger partial charge on any atom is 0.269 e. The number of nitrogens with one attached hydrogen (secondary N) is 1. The highest BCUT2D eigenvalue weighted by molar-refractivity contribution is 7.91. The highest BCUT2D eigenvalue weighted by Gasteiger charge is 2.53. The number of benzene rings is 1. The van der Waals surface area contributed by atoms with Gasteiger partial charge in [0.25, 0.3) is 5.69 Å². The van der Waals surface area contributed by atoms with E-state index in [1.807, 2.05) is 0 Å². The molecule has 0 spiro atoms. The minimum atomic E-state index is -3.34. The summed E-state index contributed by atoms with van der Waals surface area (Å²) in [5.74, 6) is 0.124. The monoisotopic (exact) mass is 282 g/mol. The van der Waals surface area contributed by atoms with Crippen LogP contribution in [-0.4, -0.2) is 32.7 Å². The molecule has 0 amide bonds. The first kappa shape index (κ1) is 12.6. The van der Waals surface area contributed by atoms with E-state index in [0.717, 1.165) is 12.1 Å². The lowest BCUT2D eigenvalue weighted by atomic mass is 9.96. The van der Waals surface area contributed by atoms with Crippen molar-refractivity contribution < 1.29 is 13.3 Å². The Hall–Kier alpha value is -1.47. The summed E-state index contributed by atoms with van der Waals surface area (Å²) in [7, 11) is -3.34. The maximum absolute atomic E-state index is 12.2. The molecule has 2 aliphatic rings. The molecule has 7 heteroatoms. The third-order valence-corrected chi connectivity index (χ3v) is 6.22. The molecule has 1 aliphatic carbocycles. The predicted octanol–water partition coefficient (Wildman–Crippen LogP) is 0.925. The number of piperidine rings is 1. The zero-order chi connectivity index (χ0) is 13.8. The highest BCUT2D eigenvalue weighted by Crippen LogP contribution is 2.51. The number of rotatable bonds is 2. The molecule has 1 fully saturated rings. The lowest BCUT2D eigenvalue weighted by Gasteiger charge is -2.32. The van der Waals surface area contributed by atoms with Crippen LogP contribution < -0.4 is 5.32 Å². The molecule has 6 nitrogen and oxygen atoms in total. The van der Waals surface area contributed by atoms with Gasteiger partial charge in [-0.05, 0) is 23.5 Å². The molecule has 3 rings (SSSR count). The van der Waals surface area contributed by atoms with Crippen molar-refractivity contribution in [3.05, 3.63) is 39.4 Å². The smallest absolute Gasteiger partial charge is 0.269 e. The van der Waals surface area contributed by atoms with Gasteiger partial charge in [-0.15, -0.1) is 0 Å². The molecule has 0 saturated carbocycles. The van der Waals surface area contributed by atoms with Crippen molar-refractivity contribution in [2.24, 2.45) is 0 Å². The average molecular weight is 282 g/mol. The summed E-state index contributed by atoms with van der Waals surface area (Å²) in [6.07, 6.45) is 1.74. The number of fused-ring (bicyclic) bond motifs is 5. The fraction of sp³-hybridized carbons (Fsp3) is 0.500. The highest BCUT2D eigenvalue weighted by atomic mass is 32.2. The van der Waals surface area contributed by atoms with Crippen LogP contribution >= 0.6 is 0 Å². The van der Waals surface area contributed by atoms with E-state index in [-0.39, 0.29) is 11.6 Å². The van der Waals surface area contributed by atoms with Crippen LogP contribution in [0.1, 0.15) is 23.5 Å². The molecule has 1 N–H and O–H groups in total. The molecule has 0 radical (unpaired) electrons. The van der Waals surface area contributed by atoms with Crippen LogP contribution in [0.25, 0.3) is 0 Å². The Kier molecular flexibility index (Phi) is 2.49. The summed E-state index contributed by atoms with van der Waals surface area (Å²) in [5, 5.41) is 14.0. The van der Waals surface area contributed by atoms with E-state index in [4.69, 9.17) is 0 Å². The number of non-ortho nitro benzene ring substituents is 1. The van der Waals surface area contributed by atoms with Crippen LogP contribution in [0.4, 0.5) is 5.69 Å². The Morgan fingerprint density at radius 2 is 2.21 bits per heavy atom. The molecular weight excluding hydrogens is 268 g/mol. The van der Waals surface area contributed by atoms with E-state index in [1.54, 1.807) is 6.07 Å². The number of sulfone groups is 1. The number of nitrogens with zero attached hydrogens (tertiary/aromatic N) is 1. The summed E-state index contributed by atoms with van der Waals surface area (Å²) in [4.78, 5) is 10.4. The first-order valence-corrected chi connectivity index (χ1v) is 7.93. The van der Waals surface area contributed by atoms with Crippen LogP contribution in [0.15, 0.2) is 18.2 Å². The zero-order valence-electron chi connectivity index (χ0n) is 10.4. The van der Waals surface area contributed by atoms with Crippen molar-refractivity contribution in [3.8, 4) is 0 Å². The van der Waals surface area contributed by atoms with Crippen molar-refractivity contribution in [1.29, 1.82) is 0 Å². The van der Waals surface area contributed by atoms with Gasteiger partial charge in [-0.2, -0.15) is 0 Å². The molecule has 0 aromatic heterocycles. The second kappa shape index (κ2) is 3.77. The first-order chi connectivity index (χ1) is 8.85. The third-order valence-electron chi connectivity index (χ3n) is 4.27. The van der Waals surface area contributed by atoms with Crippen molar-refractivity contribution in [2.75, 3.05) is 19.3 Å². The summed E-state index contributed by atoms with van der Waals surface area (Å²) in [6.45, 7) is 1.05. The van der Waals surface area contributed by atoms with Gasteiger partial charge in [0, 0.05) is 31.5 Å². The molecule has 2 bridgehead atoms. The Bertz CT molecular complexity index is 670. The van der Waals surface area contributed by atoms with Gasteiger partial charge in [-0.3, -0.25) is 10.1 Å². The molecule has 1 aliphatic heterocycles. The molecular formula is C12H14N2O4S. The number of nitro benzene ring substituents is 1. The van der Waals surface area contributed by atoms with E-state index >= 15 is 0 Å². The molecule has 1 aromatic carbocycles. The summed E-state index contributed by atoms with van der Waals surface area (Å²) in [5.41, 5.74) is 1.49. The topological polar surface area (TPSA) is 89.3 Å². The second-order valence-electron chi connectivity index (χ2n) is 5.33. The Labute approximate surface area is 110 Å². The van der Waals surface area contributed by atoms with Gasteiger partial charge < -0.3 is 5.32 Å².